The number of esters is 1. The minimum atomic E-state index is -0.724. The Morgan fingerprint density at radius 2 is 1.94 bits per heavy atom. The van der Waals surface area contributed by atoms with Crippen molar-refractivity contribution in [3.8, 4) is 0 Å². The monoisotopic (exact) mass is 465 g/mol. The highest BCUT2D eigenvalue weighted by atomic mass is 32.1. The van der Waals surface area contributed by atoms with E-state index >= 15 is 0 Å². The number of H-pyrrole nitrogens is 1. The molecule has 2 atom stereocenters. The molecule has 1 aromatic carbocycles. The third-order valence-electron chi connectivity index (χ3n) is 5.49. The molecule has 1 saturated heterocycles. The van der Waals surface area contributed by atoms with Gasteiger partial charge in [-0.25, -0.2) is 0 Å². The molecule has 3 aromatic rings. The Bertz CT molecular complexity index is 1140. The summed E-state index contributed by atoms with van der Waals surface area (Å²) in [4.78, 5) is 55.3. The number of nitrogens with one attached hydrogen (secondary N) is 2. The van der Waals surface area contributed by atoms with Gasteiger partial charge < -0.3 is 14.6 Å². The normalized spacial score (nSPS) is 18.1. The Morgan fingerprint density at radius 3 is 2.61 bits per heavy atom. The van der Waals surface area contributed by atoms with Crippen molar-refractivity contribution >= 4 is 40.7 Å². The Hall–Kier alpha value is -3.72. The number of carbonyl (C=O) groups is 4. The van der Waals surface area contributed by atoms with Crippen LogP contribution in [0.3, 0.4) is 0 Å². The van der Waals surface area contributed by atoms with E-state index in [0.717, 1.165) is 10.4 Å². The molecule has 33 heavy (non-hydrogen) atoms. The fourth-order valence-electron chi connectivity index (χ4n) is 3.88. The zero-order valence-electron chi connectivity index (χ0n) is 17.9. The van der Waals surface area contributed by atoms with Gasteiger partial charge in [-0.15, -0.1) is 11.3 Å². The summed E-state index contributed by atoms with van der Waals surface area (Å²) < 4.78 is 5.28. The number of amides is 3. The molecule has 2 N–H and O–H groups in total. The predicted octanol–water partition coefficient (Wildman–Crippen LogP) is 3.37. The van der Waals surface area contributed by atoms with Gasteiger partial charge in [0.15, 0.2) is 6.61 Å². The van der Waals surface area contributed by atoms with Gasteiger partial charge in [0.25, 0.3) is 11.8 Å². The Labute approximate surface area is 194 Å². The molecule has 0 aliphatic carbocycles. The SMILES string of the molecule is Cc1ccc(N2C(=O)CCC(C(=O)OCC(=O)NC(=O)c3ccc[nH]3)C2c2cccs2)cc1. The minimum absolute atomic E-state index is 0.0735. The Balaban J connectivity index is 1.49. The van der Waals surface area contributed by atoms with Crippen molar-refractivity contribution in [1.82, 2.24) is 10.3 Å². The molecule has 1 aliphatic heterocycles. The number of piperidine rings is 1. The van der Waals surface area contributed by atoms with Gasteiger partial charge in [-0.05, 0) is 49.1 Å². The maximum absolute atomic E-state index is 13.0. The quantitative estimate of drug-likeness (QED) is 0.543. The topological polar surface area (TPSA) is 109 Å². The molecule has 2 unspecified atom stereocenters. The van der Waals surface area contributed by atoms with Crippen molar-refractivity contribution in [1.29, 1.82) is 0 Å². The number of thiophene rings is 1. The van der Waals surface area contributed by atoms with Crippen LogP contribution in [0.5, 0.6) is 0 Å². The lowest BCUT2D eigenvalue weighted by molar-refractivity contribution is -0.154. The van der Waals surface area contributed by atoms with E-state index < -0.39 is 36.4 Å². The number of nitrogens with zero attached hydrogens (tertiary/aromatic N) is 1. The number of aromatic nitrogens is 1. The first kappa shape index (κ1) is 22.5. The third-order valence-corrected chi connectivity index (χ3v) is 6.43. The number of imide groups is 1. The first-order chi connectivity index (χ1) is 15.9. The van der Waals surface area contributed by atoms with Gasteiger partial charge in [0.05, 0.1) is 12.0 Å². The zero-order chi connectivity index (χ0) is 23.4. The minimum Gasteiger partial charge on any atom is -0.455 e. The lowest BCUT2D eigenvalue weighted by Gasteiger charge is -2.39. The molecule has 0 spiro atoms. The second-order valence-corrected chi connectivity index (χ2v) is 8.75. The number of aromatic amines is 1. The number of ether oxygens (including phenoxy) is 1. The standard InChI is InChI=1S/C24H23N3O5S/c1-15-6-8-16(9-7-15)27-21(29)11-10-17(22(27)19-5-3-13-33-19)24(31)32-14-20(28)26-23(30)18-4-2-12-25-18/h2-9,12-13,17,22,25H,10-11,14H2,1H3,(H,26,28,30). The van der Waals surface area contributed by atoms with Gasteiger partial charge in [0, 0.05) is 23.2 Å². The number of aryl methyl sites for hydroxylation is 1. The first-order valence-corrected chi connectivity index (χ1v) is 11.4. The Morgan fingerprint density at radius 1 is 1.15 bits per heavy atom. The van der Waals surface area contributed by atoms with Crippen molar-refractivity contribution in [2.75, 3.05) is 11.5 Å². The van der Waals surface area contributed by atoms with Crippen molar-refractivity contribution in [3.05, 3.63) is 76.2 Å². The van der Waals surface area contributed by atoms with Crippen LogP contribution in [0.25, 0.3) is 0 Å². The number of anilines is 1. The fraction of sp³-hybridized carbons (Fsp3) is 0.250. The highest BCUT2D eigenvalue weighted by molar-refractivity contribution is 7.10. The summed E-state index contributed by atoms with van der Waals surface area (Å²) >= 11 is 1.46. The summed E-state index contributed by atoms with van der Waals surface area (Å²) in [5.41, 5.74) is 1.99. The molecular weight excluding hydrogens is 442 g/mol. The second-order valence-electron chi connectivity index (χ2n) is 7.77. The summed E-state index contributed by atoms with van der Waals surface area (Å²) in [6.45, 7) is 1.38. The van der Waals surface area contributed by atoms with Gasteiger partial charge in [-0.3, -0.25) is 24.5 Å². The molecule has 0 saturated carbocycles. The van der Waals surface area contributed by atoms with Gasteiger partial charge in [-0.1, -0.05) is 23.8 Å². The van der Waals surface area contributed by atoms with Crippen molar-refractivity contribution in [3.63, 3.8) is 0 Å². The molecule has 2 aromatic heterocycles. The fourth-order valence-corrected chi connectivity index (χ4v) is 4.76. The average Bonchev–Trinajstić information content (AvgIpc) is 3.52. The first-order valence-electron chi connectivity index (χ1n) is 10.5. The van der Waals surface area contributed by atoms with Crippen LogP contribution in [0.2, 0.25) is 0 Å². The summed E-state index contributed by atoms with van der Waals surface area (Å²) in [7, 11) is 0. The molecule has 8 nitrogen and oxygen atoms in total. The lowest BCUT2D eigenvalue weighted by Crippen LogP contribution is -2.46. The maximum Gasteiger partial charge on any atom is 0.311 e. The van der Waals surface area contributed by atoms with Crippen LogP contribution in [-0.2, 0) is 19.1 Å². The number of hydrogen-bond donors (Lipinski definition) is 2. The van der Waals surface area contributed by atoms with Crippen LogP contribution in [0.4, 0.5) is 5.69 Å². The molecule has 1 aliphatic rings. The molecule has 4 rings (SSSR count). The Kier molecular flexibility index (Phi) is 6.69. The van der Waals surface area contributed by atoms with Gasteiger partial charge in [0.1, 0.15) is 5.69 Å². The molecule has 0 radical (unpaired) electrons. The van der Waals surface area contributed by atoms with Crippen LogP contribution < -0.4 is 10.2 Å². The van der Waals surface area contributed by atoms with E-state index in [-0.39, 0.29) is 18.0 Å². The van der Waals surface area contributed by atoms with Crippen LogP contribution >= 0.6 is 11.3 Å². The maximum atomic E-state index is 13.0. The van der Waals surface area contributed by atoms with Crippen LogP contribution in [0.1, 0.15) is 39.8 Å². The summed E-state index contributed by atoms with van der Waals surface area (Å²) in [5, 5.41) is 4.07. The summed E-state index contributed by atoms with van der Waals surface area (Å²) in [6.07, 6.45) is 2.06. The summed E-state index contributed by atoms with van der Waals surface area (Å²) in [5.74, 6) is -2.63. The highest BCUT2D eigenvalue weighted by Crippen LogP contribution is 2.42. The van der Waals surface area contributed by atoms with E-state index in [1.807, 2.05) is 48.7 Å². The van der Waals surface area contributed by atoms with E-state index in [9.17, 15) is 19.2 Å². The van der Waals surface area contributed by atoms with Gasteiger partial charge in [-0.2, -0.15) is 0 Å². The number of benzene rings is 1. The largest absolute Gasteiger partial charge is 0.455 e. The van der Waals surface area contributed by atoms with Crippen LogP contribution in [0, 0.1) is 12.8 Å². The molecule has 3 heterocycles. The van der Waals surface area contributed by atoms with Gasteiger partial charge in [0.2, 0.25) is 5.91 Å². The lowest BCUT2D eigenvalue weighted by atomic mass is 9.87. The molecule has 9 heteroatoms. The van der Waals surface area contributed by atoms with Crippen molar-refractivity contribution in [2.45, 2.75) is 25.8 Å². The van der Waals surface area contributed by atoms with Crippen molar-refractivity contribution < 1.29 is 23.9 Å². The number of carbonyl (C=O) groups excluding carboxylic acids is 4. The number of rotatable bonds is 6. The summed E-state index contributed by atoms with van der Waals surface area (Å²) in [6, 6.07) is 13.9. The van der Waals surface area contributed by atoms with E-state index in [1.54, 1.807) is 17.2 Å². The third kappa shape index (κ3) is 5.04. The predicted molar refractivity (Wildman–Crippen MR) is 123 cm³/mol. The van der Waals surface area contributed by atoms with Crippen LogP contribution in [-0.4, -0.2) is 35.3 Å². The van der Waals surface area contributed by atoms with E-state index in [0.29, 0.717) is 12.1 Å². The van der Waals surface area contributed by atoms with Crippen molar-refractivity contribution in [2.24, 2.45) is 5.92 Å². The molecule has 0 bridgehead atoms. The molecular formula is C24H23N3O5S. The average molecular weight is 466 g/mol. The number of hydrogen-bond acceptors (Lipinski definition) is 6. The molecule has 3 amide bonds. The molecule has 170 valence electrons. The second kappa shape index (κ2) is 9.83. The zero-order valence-corrected chi connectivity index (χ0v) is 18.8. The highest BCUT2D eigenvalue weighted by Gasteiger charge is 2.43. The van der Waals surface area contributed by atoms with E-state index in [2.05, 4.69) is 10.3 Å². The van der Waals surface area contributed by atoms with Crippen LogP contribution in [0.15, 0.2) is 60.1 Å². The smallest absolute Gasteiger partial charge is 0.311 e. The molecule has 1 fully saturated rings. The van der Waals surface area contributed by atoms with E-state index in [4.69, 9.17) is 4.74 Å². The van der Waals surface area contributed by atoms with E-state index in [1.165, 1.54) is 17.4 Å². The van der Waals surface area contributed by atoms with Gasteiger partial charge >= 0.3 is 5.97 Å².